The molecule has 1 aromatic rings. The molecule has 20 heavy (non-hydrogen) atoms. The molecule has 0 aliphatic heterocycles. The molecule has 0 radical (unpaired) electrons. The molecule has 0 saturated carbocycles. The maximum Gasteiger partial charge on any atom is 0.118 e. The zero-order chi connectivity index (χ0) is 14.6. The van der Waals surface area contributed by atoms with Gasteiger partial charge in [-0.3, -0.25) is 0 Å². The van der Waals surface area contributed by atoms with Crippen LogP contribution >= 0.6 is 0 Å². The molecule has 3 N–H and O–H groups in total. The van der Waals surface area contributed by atoms with Gasteiger partial charge in [-0.25, -0.2) is 0 Å². The van der Waals surface area contributed by atoms with Crippen LogP contribution in [0.25, 0.3) is 0 Å². The first-order valence-corrected chi connectivity index (χ1v) is 6.96. The van der Waals surface area contributed by atoms with E-state index in [1.165, 1.54) is 0 Å². The molecule has 0 spiro atoms. The van der Waals surface area contributed by atoms with Gasteiger partial charge >= 0.3 is 0 Å². The molecule has 0 aromatic heterocycles. The van der Waals surface area contributed by atoms with Gasteiger partial charge in [-0.15, -0.1) is 0 Å². The Labute approximate surface area is 120 Å². The Morgan fingerprint density at radius 1 is 1.35 bits per heavy atom. The van der Waals surface area contributed by atoms with E-state index < -0.39 is 11.7 Å². The zero-order valence-corrected chi connectivity index (χ0v) is 12.0. The summed E-state index contributed by atoms with van der Waals surface area (Å²) in [5, 5.41) is 24.3. The van der Waals surface area contributed by atoms with E-state index >= 15 is 0 Å². The number of aliphatic hydroxyl groups excluding tert-OH is 1. The highest BCUT2D eigenvalue weighted by molar-refractivity contribution is 5.32. The van der Waals surface area contributed by atoms with Crippen molar-refractivity contribution in [3.63, 3.8) is 0 Å². The van der Waals surface area contributed by atoms with Crippen LogP contribution in [0.4, 0.5) is 0 Å². The number of likely N-dealkylation sites (N-methyl/N-ethyl adjacent to an activating group) is 1. The SMILES string of the molecule is CNCC(c1ccc(OC)cc1)C1(O)CC=CCC1O. The van der Waals surface area contributed by atoms with Gasteiger partial charge in [-0.2, -0.15) is 0 Å². The molecule has 0 fully saturated rings. The number of aliphatic hydroxyl groups is 2. The number of ether oxygens (including phenoxy) is 1. The summed E-state index contributed by atoms with van der Waals surface area (Å²) in [7, 11) is 3.48. The minimum absolute atomic E-state index is 0.168. The summed E-state index contributed by atoms with van der Waals surface area (Å²) < 4.78 is 5.16. The molecule has 4 nitrogen and oxygen atoms in total. The summed E-state index contributed by atoms with van der Waals surface area (Å²) in [5.41, 5.74) is -0.135. The molecule has 110 valence electrons. The van der Waals surface area contributed by atoms with Gasteiger partial charge in [0, 0.05) is 12.5 Å². The number of hydrogen-bond acceptors (Lipinski definition) is 4. The Morgan fingerprint density at radius 2 is 2.05 bits per heavy atom. The van der Waals surface area contributed by atoms with Crippen LogP contribution in [0.2, 0.25) is 0 Å². The maximum absolute atomic E-state index is 10.9. The van der Waals surface area contributed by atoms with Crippen LogP contribution < -0.4 is 10.1 Å². The lowest BCUT2D eigenvalue weighted by molar-refractivity contribution is -0.0930. The highest BCUT2D eigenvalue weighted by Crippen LogP contribution is 2.38. The van der Waals surface area contributed by atoms with Gasteiger partial charge in [0.05, 0.1) is 13.2 Å². The Bertz CT molecular complexity index is 457. The van der Waals surface area contributed by atoms with E-state index in [-0.39, 0.29) is 5.92 Å². The fourth-order valence-corrected chi connectivity index (χ4v) is 2.84. The summed E-state index contributed by atoms with van der Waals surface area (Å²) in [4.78, 5) is 0. The van der Waals surface area contributed by atoms with E-state index in [2.05, 4.69) is 5.32 Å². The molecule has 4 heteroatoms. The normalized spacial score (nSPS) is 27.3. The van der Waals surface area contributed by atoms with Crippen molar-refractivity contribution >= 4 is 0 Å². The van der Waals surface area contributed by atoms with Crippen LogP contribution in [0.15, 0.2) is 36.4 Å². The number of hydrogen-bond donors (Lipinski definition) is 3. The Morgan fingerprint density at radius 3 is 2.60 bits per heavy atom. The van der Waals surface area contributed by atoms with E-state index in [0.717, 1.165) is 11.3 Å². The van der Waals surface area contributed by atoms with E-state index in [1.54, 1.807) is 7.11 Å². The molecule has 1 aliphatic carbocycles. The van der Waals surface area contributed by atoms with Crippen molar-refractivity contribution < 1.29 is 14.9 Å². The summed E-state index contributed by atoms with van der Waals surface area (Å²) in [5.74, 6) is 0.617. The highest BCUT2D eigenvalue weighted by atomic mass is 16.5. The molecular formula is C16H23NO3. The second kappa shape index (κ2) is 6.39. The molecule has 0 saturated heterocycles. The minimum Gasteiger partial charge on any atom is -0.497 e. The topological polar surface area (TPSA) is 61.7 Å². The van der Waals surface area contributed by atoms with Crippen LogP contribution in [0.3, 0.4) is 0 Å². The monoisotopic (exact) mass is 277 g/mol. The van der Waals surface area contributed by atoms with Crippen molar-refractivity contribution in [3.8, 4) is 5.75 Å². The zero-order valence-electron chi connectivity index (χ0n) is 12.0. The smallest absolute Gasteiger partial charge is 0.118 e. The van der Waals surface area contributed by atoms with E-state index in [0.29, 0.717) is 19.4 Å². The van der Waals surface area contributed by atoms with Crippen molar-refractivity contribution in [2.75, 3.05) is 20.7 Å². The highest BCUT2D eigenvalue weighted by Gasteiger charge is 2.43. The van der Waals surface area contributed by atoms with Gasteiger partial charge < -0.3 is 20.3 Å². The van der Waals surface area contributed by atoms with Gasteiger partial charge in [0.15, 0.2) is 0 Å². The Kier molecular flexibility index (Phi) is 4.81. The first-order valence-electron chi connectivity index (χ1n) is 6.96. The Balaban J connectivity index is 2.31. The summed E-state index contributed by atoms with van der Waals surface area (Å²) >= 11 is 0. The molecule has 3 unspecified atom stereocenters. The average Bonchev–Trinajstić information content (AvgIpc) is 2.48. The molecule has 1 aromatic carbocycles. The lowest BCUT2D eigenvalue weighted by atomic mass is 9.73. The third-order valence-electron chi connectivity index (χ3n) is 4.08. The fourth-order valence-electron chi connectivity index (χ4n) is 2.84. The van der Waals surface area contributed by atoms with Crippen molar-refractivity contribution in [1.29, 1.82) is 0 Å². The van der Waals surface area contributed by atoms with Crippen molar-refractivity contribution in [3.05, 3.63) is 42.0 Å². The van der Waals surface area contributed by atoms with E-state index in [1.807, 2.05) is 43.5 Å². The van der Waals surface area contributed by atoms with Crippen LogP contribution in [0.1, 0.15) is 24.3 Å². The molecule has 1 aliphatic rings. The second-order valence-electron chi connectivity index (χ2n) is 5.30. The standard InChI is InChI=1S/C16H23NO3/c1-17-11-14(12-6-8-13(20-2)9-7-12)16(19)10-4-3-5-15(16)18/h3-4,6-9,14-15,17-19H,5,10-11H2,1-2H3. The number of benzene rings is 1. The lowest BCUT2D eigenvalue weighted by Gasteiger charge is -2.41. The van der Waals surface area contributed by atoms with Gasteiger partial charge in [-0.1, -0.05) is 24.3 Å². The predicted molar refractivity (Wildman–Crippen MR) is 79.0 cm³/mol. The average molecular weight is 277 g/mol. The van der Waals surface area contributed by atoms with Crippen LogP contribution in [-0.4, -0.2) is 42.6 Å². The molecule has 3 atom stereocenters. The summed E-state index contributed by atoms with van der Waals surface area (Å²) in [6.45, 7) is 0.605. The van der Waals surface area contributed by atoms with Crippen LogP contribution in [0.5, 0.6) is 5.75 Å². The molecule has 0 heterocycles. The van der Waals surface area contributed by atoms with Gasteiger partial charge in [-0.05, 0) is 37.6 Å². The van der Waals surface area contributed by atoms with Crippen LogP contribution in [-0.2, 0) is 0 Å². The predicted octanol–water partition coefficient (Wildman–Crippen LogP) is 1.44. The van der Waals surface area contributed by atoms with E-state index in [9.17, 15) is 10.2 Å². The molecule has 0 bridgehead atoms. The maximum atomic E-state index is 10.9. The van der Waals surface area contributed by atoms with Crippen molar-refractivity contribution in [2.24, 2.45) is 0 Å². The lowest BCUT2D eigenvalue weighted by Crippen LogP contribution is -2.51. The van der Waals surface area contributed by atoms with Crippen molar-refractivity contribution in [2.45, 2.75) is 30.5 Å². The minimum atomic E-state index is -1.13. The Hall–Kier alpha value is -1.36. The first-order chi connectivity index (χ1) is 9.61. The third-order valence-corrected chi connectivity index (χ3v) is 4.08. The third kappa shape index (κ3) is 2.87. The molecular weight excluding hydrogens is 254 g/mol. The molecule has 0 amide bonds. The largest absolute Gasteiger partial charge is 0.497 e. The summed E-state index contributed by atoms with van der Waals surface area (Å²) in [6.07, 6.45) is 4.08. The summed E-state index contributed by atoms with van der Waals surface area (Å²) in [6, 6.07) is 7.66. The number of nitrogens with one attached hydrogen (secondary N) is 1. The van der Waals surface area contributed by atoms with Crippen LogP contribution in [0, 0.1) is 0 Å². The van der Waals surface area contributed by atoms with Crippen molar-refractivity contribution in [1.82, 2.24) is 5.32 Å². The first kappa shape index (κ1) is 15.0. The number of rotatable bonds is 5. The van der Waals surface area contributed by atoms with E-state index in [4.69, 9.17) is 4.74 Å². The van der Waals surface area contributed by atoms with Gasteiger partial charge in [0.25, 0.3) is 0 Å². The quantitative estimate of drug-likeness (QED) is 0.713. The fraction of sp³-hybridized carbons (Fsp3) is 0.500. The van der Waals surface area contributed by atoms with Gasteiger partial charge in [0.1, 0.15) is 11.4 Å². The molecule has 2 rings (SSSR count). The van der Waals surface area contributed by atoms with Gasteiger partial charge in [0.2, 0.25) is 0 Å². The second-order valence-corrected chi connectivity index (χ2v) is 5.30. The number of methoxy groups -OCH3 is 1.